The lowest BCUT2D eigenvalue weighted by Crippen LogP contribution is -2.20. The molecule has 1 aliphatic heterocycles. The molecule has 0 bridgehead atoms. The van der Waals surface area contributed by atoms with E-state index in [0.29, 0.717) is 28.0 Å². The van der Waals surface area contributed by atoms with Crippen LogP contribution in [0.4, 0.5) is 10.1 Å². The summed E-state index contributed by atoms with van der Waals surface area (Å²) in [5.74, 6) is 0.461. The molecule has 0 fully saturated rings. The van der Waals surface area contributed by atoms with Gasteiger partial charge in [-0.2, -0.15) is 0 Å². The second-order valence-corrected chi connectivity index (χ2v) is 5.95. The van der Waals surface area contributed by atoms with Gasteiger partial charge in [0.15, 0.2) is 0 Å². The molecule has 1 unspecified atom stereocenters. The van der Waals surface area contributed by atoms with E-state index in [1.807, 2.05) is 6.07 Å². The van der Waals surface area contributed by atoms with Crippen LogP contribution < -0.4 is 10.1 Å². The molecule has 0 saturated carbocycles. The largest absolute Gasteiger partial charge is 0.492 e. The van der Waals surface area contributed by atoms with Crippen molar-refractivity contribution in [3.63, 3.8) is 0 Å². The Kier molecular flexibility index (Phi) is 3.96. The zero-order chi connectivity index (χ0) is 15.0. The van der Waals surface area contributed by atoms with E-state index in [9.17, 15) is 4.39 Å². The fourth-order valence-electron chi connectivity index (χ4n) is 2.51. The van der Waals surface area contributed by atoms with E-state index >= 15 is 0 Å². The first-order valence-corrected chi connectivity index (χ1v) is 7.44. The van der Waals surface area contributed by atoms with Gasteiger partial charge in [0.05, 0.1) is 17.7 Å². The Morgan fingerprint density at radius 1 is 1.24 bits per heavy atom. The average Bonchev–Trinajstić information content (AvgIpc) is 2.44. The van der Waals surface area contributed by atoms with Gasteiger partial charge in [0.2, 0.25) is 0 Å². The molecule has 0 spiro atoms. The number of halogens is 3. The number of benzene rings is 2. The zero-order valence-electron chi connectivity index (χ0n) is 11.4. The summed E-state index contributed by atoms with van der Waals surface area (Å²) in [5.41, 5.74) is 2.40. The first-order valence-electron chi connectivity index (χ1n) is 6.69. The van der Waals surface area contributed by atoms with Gasteiger partial charge in [-0.05, 0) is 42.8 Å². The van der Waals surface area contributed by atoms with E-state index in [1.165, 1.54) is 6.07 Å². The van der Waals surface area contributed by atoms with Gasteiger partial charge in [-0.25, -0.2) is 4.39 Å². The first kappa shape index (κ1) is 14.5. The molecule has 3 rings (SSSR count). The number of anilines is 1. The molecule has 2 aromatic carbocycles. The monoisotopic (exact) mass is 325 g/mol. The highest BCUT2D eigenvalue weighted by Crippen LogP contribution is 2.41. The molecule has 0 saturated heterocycles. The van der Waals surface area contributed by atoms with Crippen LogP contribution in [0, 0.1) is 12.7 Å². The van der Waals surface area contributed by atoms with Crippen LogP contribution in [0.3, 0.4) is 0 Å². The molecule has 1 aliphatic rings. The Morgan fingerprint density at radius 2 is 2.05 bits per heavy atom. The van der Waals surface area contributed by atoms with Crippen LogP contribution in [0.2, 0.25) is 10.0 Å². The van der Waals surface area contributed by atoms with E-state index < -0.39 is 0 Å². The Hall–Kier alpha value is -1.45. The highest BCUT2D eigenvalue weighted by molar-refractivity contribution is 6.35. The lowest BCUT2D eigenvalue weighted by atomic mass is 10.00. The van der Waals surface area contributed by atoms with Gasteiger partial charge in [0, 0.05) is 22.7 Å². The smallest absolute Gasteiger partial charge is 0.143 e. The second kappa shape index (κ2) is 5.74. The quantitative estimate of drug-likeness (QED) is 0.800. The molecule has 21 heavy (non-hydrogen) atoms. The van der Waals surface area contributed by atoms with E-state index in [-0.39, 0.29) is 11.9 Å². The van der Waals surface area contributed by atoms with Crippen LogP contribution in [-0.4, -0.2) is 6.61 Å². The van der Waals surface area contributed by atoms with Gasteiger partial charge in [-0.1, -0.05) is 23.2 Å². The predicted molar refractivity (Wildman–Crippen MR) is 84.1 cm³/mol. The molecule has 1 atom stereocenters. The lowest BCUT2D eigenvalue weighted by Gasteiger charge is -2.28. The molecular formula is C16H14Cl2FNO. The number of hydrogen-bond donors (Lipinski definition) is 1. The fraction of sp³-hybridized carbons (Fsp3) is 0.250. The summed E-state index contributed by atoms with van der Waals surface area (Å²) in [4.78, 5) is 0. The van der Waals surface area contributed by atoms with Crippen molar-refractivity contribution < 1.29 is 9.13 Å². The van der Waals surface area contributed by atoms with Crippen molar-refractivity contribution in [1.29, 1.82) is 0 Å². The number of ether oxygens (including phenoxy) is 1. The topological polar surface area (TPSA) is 21.3 Å². The van der Waals surface area contributed by atoms with Crippen LogP contribution in [0.5, 0.6) is 5.75 Å². The molecular weight excluding hydrogens is 312 g/mol. The number of rotatable bonds is 2. The van der Waals surface area contributed by atoms with Gasteiger partial charge >= 0.3 is 0 Å². The van der Waals surface area contributed by atoms with Crippen molar-refractivity contribution in [3.05, 3.63) is 57.3 Å². The van der Waals surface area contributed by atoms with Crippen molar-refractivity contribution in [1.82, 2.24) is 0 Å². The number of nitrogens with one attached hydrogen (secondary N) is 1. The van der Waals surface area contributed by atoms with Gasteiger partial charge in [0.25, 0.3) is 0 Å². The summed E-state index contributed by atoms with van der Waals surface area (Å²) in [6.45, 7) is 2.32. The average molecular weight is 326 g/mol. The molecule has 1 heterocycles. The maximum atomic E-state index is 13.3. The summed E-state index contributed by atoms with van der Waals surface area (Å²) in [5, 5.41) is 4.48. The number of fused-ring (bicyclic) bond motifs is 1. The van der Waals surface area contributed by atoms with Gasteiger partial charge in [-0.3, -0.25) is 0 Å². The van der Waals surface area contributed by atoms with E-state index in [2.05, 4.69) is 5.32 Å². The van der Waals surface area contributed by atoms with Crippen molar-refractivity contribution in [3.8, 4) is 5.75 Å². The molecule has 0 radical (unpaired) electrons. The molecule has 5 heteroatoms. The van der Waals surface area contributed by atoms with Gasteiger partial charge in [0.1, 0.15) is 11.6 Å². The van der Waals surface area contributed by atoms with Gasteiger partial charge < -0.3 is 10.1 Å². The number of hydrogen-bond acceptors (Lipinski definition) is 2. The third-order valence-electron chi connectivity index (χ3n) is 3.56. The first-order chi connectivity index (χ1) is 10.0. The highest BCUT2D eigenvalue weighted by Gasteiger charge is 2.24. The molecule has 2 nitrogen and oxygen atoms in total. The highest BCUT2D eigenvalue weighted by atomic mass is 35.5. The van der Waals surface area contributed by atoms with Crippen LogP contribution in [0.1, 0.15) is 23.6 Å². The molecule has 110 valence electrons. The van der Waals surface area contributed by atoms with Crippen molar-refractivity contribution >= 4 is 28.9 Å². The SMILES string of the molecule is Cc1cc(NC2CCOc3c(Cl)cc(Cl)cc32)ccc1F. The maximum Gasteiger partial charge on any atom is 0.143 e. The van der Waals surface area contributed by atoms with E-state index in [4.69, 9.17) is 27.9 Å². The maximum absolute atomic E-state index is 13.3. The van der Waals surface area contributed by atoms with Crippen molar-refractivity contribution in [2.24, 2.45) is 0 Å². The standard InChI is InChI=1S/C16H14Cl2FNO/c1-9-6-11(2-3-14(9)19)20-15-4-5-21-16-12(15)7-10(17)8-13(16)18/h2-3,6-8,15,20H,4-5H2,1H3. The Morgan fingerprint density at radius 3 is 2.81 bits per heavy atom. The Labute approximate surface area is 132 Å². The predicted octanol–water partition coefficient (Wildman–Crippen LogP) is 5.38. The van der Waals surface area contributed by atoms with Crippen LogP contribution in [-0.2, 0) is 0 Å². The normalized spacial score (nSPS) is 17.0. The minimum Gasteiger partial charge on any atom is -0.492 e. The van der Waals surface area contributed by atoms with E-state index in [0.717, 1.165) is 17.7 Å². The Bertz CT molecular complexity index is 690. The molecule has 0 aromatic heterocycles. The molecule has 0 amide bonds. The molecule has 1 N–H and O–H groups in total. The minimum atomic E-state index is -0.209. The third kappa shape index (κ3) is 2.94. The molecule has 0 aliphatic carbocycles. The van der Waals surface area contributed by atoms with E-state index in [1.54, 1.807) is 25.1 Å². The van der Waals surface area contributed by atoms with Crippen LogP contribution in [0.25, 0.3) is 0 Å². The minimum absolute atomic E-state index is 0.0369. The zero-order valence-corrected chi connectivity index (χ0v) is 12.9. The summed E-state index contributed by atoms with van der Waals surface area (Å²) in [6, 6.07) is 8.54. The number of aryl methyl sites for hydroxylation is 1. The lowest BCUT2D eigenvalue weighted by molar-refractivity contribution is 0.274. The summed E-state index contributed by atoms with van der Waals surface area (Å²) in [7, 11) is 0. The van der Waals surface area contributed by atoms with Crippen LogP contribution >= 0.6 is 23.2 Å². The van der Waals surface area contributed by atoms with Crippen LogP contribution in [0.15, 0.2) is 30.3 Å². The molecule has 2 aromatic rings. The third-order valence-corrected chi connectivity index (χ3v) is 4.06. The summed E-state index contributed by atoms with van der Waals surface area (Å²) in [6.07, 6.45) is 0.792. The Balaban J connectivity index is 1.93. The summed E-state index contributed by atoms with van der Waals surface area (Å²) < 4.78 is 19.0. The second-order valence-electron chi connectivity index (χ2n) is 5.10. The van der Waals surface area contributed by atoms with Gasteiger partial charge in [-0.15, -0.1) is 0 Å². The fourth-order valence-corrected chi connectivity index (χ4v) is 3.08. The summed E-state index contributed by atoms with van der Waals surface area (Å²) >= 11 is 12.3. The van der Waals surface area contributed by atoms with Crippen molar-refractivity contribution in [2.75, 3.05) is 11.9 Å². The van der Waals surface area contributed by atoms with Crippen molar-refractivity contribution in [2.45, 2.75) is 19.4 Å².